The number of unbranched alkanes of at least 4 members (excludes halogenated alkanes) is 47. The first-order valence-electron chi connectivity index (χ1n) is 35.4. The summed E-state index contributed by atoms with van der Waals surface area (Å²) in [7, 11) is 0. The van der Waals surface area contributed by atoms with Crippen LogP contribution in [0.1, 0.15) is 380 Å². The molecule has 0 aliphatic heterocycles. The number of aliphatic hydroxyl groups excluding tert-OH is 2. The van der Waals surface area contributed by atoms with Crippen molar-refractivity contribution in [2.75, 3.05) is 13.2 Å². The molecule has 3 N–H and O–H groups in total. The molecule has 0 heterocycles. The second-order valence-corrected chi connectivity index (χ2v) is 24.2. The molecule has 0 bridgehead atoms. The van der Waals surface area contributed by atoms with E-state index in [1.54, 1.807) is 0 Å². The highest BCUT2D eigenvalue weighted by Gasteiger charge is 2.20. The summed E-state index contributed by atoms with van der Waals surface area (Å²) in [6.07, 6.45) is 88.9. The average molecular weight is 1110 g/mol. The molecule has 0 aliphatic rings. The summed E-state index contributed by atoms with van der Waals surface area (Å²) in [5, 5.41) is 23.2. The number of carbonyl (C=O) groups is 2. The lowest BCUT2D eigenvalue weighted by Crippen LogP contribution is -2.45. The van der Waals surface area contributed by atoms with Crippen molar-refractivity contribution >= 4 is 11.9 Å². The Morgan fingerprint density at radius 3 is 0.975 bits per heavy atom. The zero-order chi connectivity index (χ0) is 57.1. The average Bonchev–Trinajstić information content (AvgIpc) is 3.45. The molecule has 0 saturated heterocycles. The highest BCUT2D eigenvalue weighted by atomic mass is 16.5. The van der Waals surface area contributed by atoms with Crippen molar-refractivity contribution in [1.82, 2.24) is 5.32 Å². The molecule has 464 valence electrons. The van der Waals surface area contributed by atoms with E-state index >= 15 is 0 Å². The van der Waals surface area contributed by atoms with E-state index in [4.69, 9.17) is 4.74 Å². The number of esters is 1. The molecule has 0 aliphatic carbocycles. The molecular weight excluding hydrogens is 971 g/mol. The Hall–Kier alpha value is -2.18. The van der Waals surface area contributed by atoms with Crippen LogP contribution in [-0.4, -0.2) is 47.4 Å². The third-order valence-corrected chi connectivity index (χ3v) is 16.4. The molecule has 2 unspecified atom stereocenters. The van der Waals surface area contributed by atoms with Gasteiger partial charge in [-0.15, -0.1) is 0 Å². The molecule has 2 atom stereocenters. The molecule has 6 heteroatoms. The van der Waals surface area contributed by atoms with Crippen LogP contribution in [-0.2, 0) is 14.3 Å². The molecule has 0 aromatic carbocycles. The van der Waals surface area contributed by atoms with E-state index in [0.717, 1.165) is 57.8 Å². The maximum atomic E-state index is 12.5. The molecule has 0 aromatic heterocycles. The predicted octanol–water partition coefficient (Wildman–Crippen LogP) is 22.9. The van der Waals surface area contributed by atoms with Crippen LogP contribution in [0.3, 0.4) is 0 Å². The van der Waals surface area contributed by atoms with Crippen LogP contribution in [0.4, 0.5) is 0 Å². The number of rotatable bonds is 66. The van der Waals surface area contributed by atoms with Crippen LogP contribution in [0.2, 0.25) is 0 Å². The van der Waals surface area contributed by atoms with Gasteiger partial charge in [-0.3, -0.25) is 9.59 Å². The van der Waals surface area contributed by atoms with Gasteiger partial charge in [0.1, 0.15) is 0 Å². The maximum Gasteiger partial charge on any atom is 0.305 e. The van der Waals surface area contributed by atoms with Crippen molar-refractivity contribution in [2.45, 2.75) is 392 Å². The lowest BCUT2D eigenvalue weighted by molar-refractivity contribution is -0.143. The first kappa shape index (κ1) is 76.8. The fourth-order valence-electron chi connectivity index (χ4n) is 10.9. The number of carbonyl (C=O) groups excluding carboxylic acids is 2. The number of aliphatic hydroxyl groups is 2. The summed E-state index contributed by atoms with van der Waals surface area (Å²) in [6.45, 7) is 4.94. The Labute approximate surface area is 493 Å². The van der Waals surface area contributed by atoms with Gasteiger partial charge in [0, 0.05) is 12.8 Å². The fraction of sp³-hybridized carbons (Fsp3) is 0.863. The minimum absolute atomic E-state index is 0.00328. The Kier molecular flexibility index (Phi) is 66.4. The molecule has 1 amide bonds. The molecule has 79 heavy (non-hydrogen) atoms. The molecule has 0 radical (unpaired) electrons. The maximum absolute atomic E-state index is 12.5. The van der Waals surface area contributed by atoms with Gasteiger partial charge >= 0.3 is 5.97 Å². The topological polar surface area (TPSA) is 95.9 Å². The van der Waals surface area contributed by atoms with Crippen molar-refractivity contribution < 1.29 is 24.5 Å². The molecule has 0 saturated carbocycles. The summed E-state index contributed by atoms with van der Waals surface area (Å²) in [5.74, 6) is -0.0292. The Morgan fingerprint density at radius 1 is 0.354 bits per heavy atom. The number of hydrogen-bond acceptors (Lipinski definition) is 5. The van der Waals surface area contributed by atoms with Crippen LogP contribution in [0.15, 0.2) is 48.6 Å². The lowest BCUT2D eigenvalue weighted by atomic mass is 10.0. The summed E-state index contributed by atoms with van der Waals surface area (Å²) in [4.78, 5) is 24.5. The highest BCUT2D eigenvalue weighted by Crippen LogP contribution is 2.18. The van der Waals surface area contributed by atoms with Gasteiger partial charge in [0.25, 0.3) is 0 Å². The van der Waals surface area contributed by atoms with Crippen molar-refractivity contribution in [2.24, 2.45) is 0 Å². The van der Waals surface area contributed by atoms with Crippen LogP contribution < -0.4 is 5.32 Å². The van der Waals surface area contributed by atoms with Crippen molar-refractivity contribution in [3.63, 3.8) is 0 Å². The van der Waals surface area contributed by atoms with E-state index in [2.05, 4.69) is 67.8 Å². The largest absolute Gasteiger partial charge is 0.466 e. The Balaban J connectivity index is 3.36. The van der Waals surface area contributed by atoms with E-state index < -0.39 is 12.1 Å². The van der Waals surface area contributed by atoms with E-state index in [0.29, 0.717) is 25.9 Å². The van der Waals surface area contributed by atoms with Crippen LogP contribution in [0.5, 0.6) is 0 Å². The molecule has 0 rings (SSSR count). The zero-order valence-corrected chi connectivity index (χ0v) is 53.1. The lowest BCUT2D eigenvalue weighted by Gasteiger charge is -2.22. The van der Waals surface area contributed by atoms with Gasteiger partial charge in [-0.2, -0.15) is 0 Å². The summed E-state index contributed by atoms with van der Waals surface area (Å²) in [6, 6.07) is -0.539. The van der Waals surface area contributed by atoms with E-state index in [-0.39, 0.29) is 18.5 Å². The minimum Gasteiger partial charge on any atom is -0.466 e. The Morgan fingerprint density at radius 2 is 0.633 bits per heavy atom. The van der Waals surface area contributed by atoms with Crippen molar-refractivity contribution in [3.8, 4) is 0 Å². The minimum atomic E-state index is -0.661. The van der Waals surface area contributed by atoms with Crippen LogP contribution >= 0.6 is 0 Å². The summed E-state index contributed by atoms with van der Waals surface area (Å²) < 4.78 is 5.49. The fourth-order valence-corrected chi connectivity index (χ4v) is 10.9. The monoisotopic (exact) mass is 1110 g/mol. The third-order valence-electron chi connectivity index (χ3n) is 16.4. The summed E-state index contributed by atoms with van der Waals surface area (Å²) >= 11 is 0. The third kappa shape index (κ3) is 64.8. The molecular formula is C73H137NO5. The van der Waals surface area contributed by atoms with Gasteiger partial charge in [0.15, 0.2) is 0 Å². The number of allylic oxidation sites excluding steroid dienone is 8. The Bertz CT molecular complexity index is 1320. The second-order valence-electron chi connectivity index (χ2n) is 24.2. The van der Waals surface area contributed by atoms with E-state index in [1.807, 2.05) is 0 Å². The normalized spacial score (nSPS) is 12.8. The number of amides is 1. The number of nitrogens with one attached hydrogen (secondary N) is 1. The van der Waals surface area contributed by atoms with Gasteiger partial charge < -0.3 is 20.3 Å². The van der Waals surface area contributed by atoms with Gasteiger partial charge in [0.2, 0.25) is 5.91 Å². The quantitative estimate of drug-likeness (QED) is 0.0320. The van der Waals surface area contributed by atoms with Crippen molar-refractivity contribution in [3.05, 3.63) is 48.6 Å². The smallest absolute Gasteiger partial charge is 0.305 e. The van der Waals surface area contributed by atoms with Crippen LogP contribution in [0, 0.1) is 0 Å². The number of ether oxygens (including phenoxy) is 1. The first-order valence-corrected chi connectivity index (χ1v) is 35.4. The molecule has 6 nitrogen and oxygen atoms in total. The molecule has 0 fully saturated rings. The van der Waals surface area contributed by atoms with Gasteiger partial charge in [-0.25, -0.2) is 0 Å². The second kappa shape index (κ2) is 68.3. The van der Waals surface area contributed by atoms with E-state index in [1.165, 1.54) is 289 Å². The summed E-state index contributed by atoms with van der Waals surface area (Å²) in [5.41, 5.74) is 0. The molecule has 0 aromatic rings. The van der Waals surface area contributed by atoms with Crippen LogP contribution in [0.25, 0.3) is 0 Å². The van der Waals surface area contributed by atoms with Crippen molar-refractivity contribution in [1.29, 1.82) is 0 Å². The SMILES string of the molecule is CCCCCC/C=C\C/C=C\CCCCCCCC(=O)OCCCCCCCCCCCCC/C=C\C/C=C\CCCCCCCCCCCCCCCCCCCC(=O)NC(CO)C(O)CCCCCCCCCCCCC. The molecule has 0 spiro atoms. The van der Waals surface area contributed by atoms with Gasteiger partial charge in [-0.05, 0) is 89.9 Å². The number of hydrogen-bond donors (Lipinski definition) is 3. The predicted molar refractivity (Wildman–Crippen MR) is 347 cm³/mol. The highest BCUT2D eigenvalue weighted by molar-refractivity contribution is 5.76. The zero-order valence-electron chi connectivity index (χ0n) is 53.1. The van der Waals surface area contributed by atoms with Gasteiger partial charge in [0.05, 0.1) is 25.4 Å². The standard InChI is InChI=1S/C73H137NO5/c1-3-5-7-9-11-13-15-16-17-40-43-47-51-55-59-63-67-73(78)79-68-64-60-56-52-48-44-41-38-36-34-32-30-28-26-24-22-20-18-19-21-23-25-27-29-31-33-35-37-39-42-46-50-54-58-62-66-72(77)74-70(69-75)71(76)65-61-57-53-49-45-14-12-10-8-6-4-2/h13,15,17,20,22,26,28,40,70-71,75-76H,3-12,14,16,18-19,21,23-25,27,29-39,41-69H2,1-2H3,(H,74,77)/b15-13-,22-20-,28-26-,40-17-. The van der Waals surface area contributed by atoms with E-state index in [9.17, 15) is 19.8 Å². The first-order chi connectivity index (χ1) is 39.0. The van der Waals surface area contributed by atoms with Gasteiger partial charge in [-0.1, -0.05) is 326 Å².